The van der Waals surface area contributed by atoms with Gasteiger partial charge in [0.2, 0.25) is 0 Å². The van der Waals surface area contributed by atoms with E-state index >= 15 is 0 Å². The van der Waals surface area contributed by atoms with Crippen LogP contribution in [-0.4, -0.2) is 19.5 Å². The number of aryl methyl sites for hydroxylation is 1. The maximum atomic E-state index is 6.67. The average Bonchev–Trinajstić information content (AvgIpc) is 3.75. The summed E-state index contributed by atoms with van der Waals surface area (Å²) in [5.41, 5.74) is 11.1. The van der Waals surface area contributed by atoms with E-state index in [1.165, 1.54) is 10.9 Å². The van der Waals surface area contributed by atoms with Crippen LogP contribution in [-0.2, 0) is 0 Å². The van der Waals surface area contributed by atoms with Crippen LogP contribution < -0.4 is 0 Å². The molecule has 7 aromatic carbocycles. The fourth-order valence-electron chi connectivity index (χ4n) is 7.25. The van der Waals surface area contributed by atoms with Gasteiger partial charge in [0.1, 0.15) is 5.58 Å². The minimum absolute atomic E-state index is 0.615. The van der Waals surface area contributed by atoms with E-state index < -0.39 is 0 Å². The minimum Gasteiger partial charge on any atom is -0.454 e. The second kappa shape index (κ2) is 11.6. The van der Waals surface area contributed by atoms with Crippen molar-refractivity contribution in [2.24, 2.45) is 0 Å². The predicted octanol–water partition coefficient (Wildman–Crippen LogP) is 11.8. The van der Waals surface area contributed by atoms with E-state index in [4.69, 9.17) is 19.4 Å². The molecule has 0 unspecified atom stereocenters. The molecule has 0 aliphatic rings. The Morgan fingerprint density at radius 2 is 1.02 bits per heavy atom. The summed E-state index contributed by atoms with van der Waals surface area (Å²) in [6, 6.07) is 56.8. The molecule has 5 nitrogen and oxygen atoms in total. The van der Waals surface area contributed by atoms with Gasteiger partial charge < -0.3 is 8.98 Å². The minimum atomic E-state index is 0.615. The van der Waals surface area contributed by atoms with Crippen LogP contribution in [0.1, 0.15) is 5.56 Å². The molecular formula is C46H30N4O. The molecule has 0 bridgehead atoms. The number of hydrogen-bond acceptors (Lipinski definition) is 4. The van der Waals surface area contributed by atoms with E-state index in [-0.39, 0.29) is 0 Å². The van der Waals surface area contributed by atoms with Gasteiger partial charge in [-0.2, -0.15) is 0 Å². The van der Waals surface area contributed by atoms with Crippen molar-refractivity contribution in [2.45, 2.75) is 6.92 Å². The van der Waals surface area contributed by atoms with Crippen molar-refractivity contribution < 1.29 is 4.42 Å². The Morgan fingerprint density at radius 3 is 1.73 bits per heavy atom. The zero-order valence-corrected chi connectivity index (χ0v) is 27.8. The first-order chi connectivity index (χ1) is 25.2. The Labute approximate surface area is 294 Å². The first kappa shape index (κ1) is 29.1. The summed E-state index contributed by atoms with van der Waals surface area (Å²) in [6.45, 7) is 2.12. The first-order valence-electron chi connectivity index (χ1n) is 17.1. The molecule has 5 heteroatoms. The zero-order chi connectivity index (χ0) is 33.9. The number of aromatic nitrogens is 4. The molecule has 0 aliphatic carbocycles. The van der Waals surface area contributed by atoms with E-state index in [2.05, 4.69) is 102 Å². The maximum absolute atomic E-state index is 6.67. The van der Waals surface area contributed by atoms with Crippen LogP contribution >= 0.6 is 0 Å². The van der Waals surface area contributed by atoms with Gasteiger partial charge in [0.05, 0.1) is 16.7 Å². The van der Waals surface area contributed by atoms with Gasteiger partial charge in [-0.05, 0) is 48.9 Å². The van der Waals surface area contributed by atoms with Crippen LogP contribution in [0.5, 0.6) is 0 Å². The second-order valence-electron chi connectivity index (χ2n) is 12.9. The number of nitrogens with zero attached hydrogens (tertiary/aromatic N) is 4. The molecule has 0 radical (unpaired) electrons. The van der Waals surface area contributed by atoms with Crippen molar-refractivity contribution in [1.82, 2.24) is 19.5 Å². The molecule has 3 heterocycles. The summed E-state index contributed by atoms with van der Waals surface area (Å²) in [5.74, 6) is 1.88. The highest BCUT2D eigenvalue weighted by Crippen LogP contribution is 2.42. The van der Waals surface area contributed by atoms with Gasteiger partial charge in [-0.25, -0.2) is 15.0 Å². The number of benzene rings is 7. The molecule has 0 amide bonds. The lowest BCUT2D eigenvalue weighted by Gasteiger charge is -2.16. The molecule has 0 N–H and O–H groups in total. The van der Waals surface area contributed by atoms with Crippen molar-refractivity contribution in [3.8, 4) is 51.0 Å². The zero-order valence-electron chi connectivity index (χ0n) is 27.8. The van der Waals surface area contributed by atoms with Crippen molar-refractivity contribution in [2.75, 3.05) is 0 Å². The van der Waals surface area contributed by atoms with Crippen LogP contribution in [0.3, 0.4) is 0 Å². The number of hydrogen-bond donors (Lipinski definition) is 0. The highest BCUT2D eigenvalue weighted by atomic mass is 16.3. The standard InChI is InChI=1S/C46H30N4O/c1-29-20-22-30(23-21-29)38-28-33(46-48-44(31-12-4-2-5-13-31)47-45(49-46)32-14-6-3-7-15-32)24-27-40(38)50-39-18-10-8-16-34(39)36-25-26-37-35-17-9-11-19-41(35)51-43(37)42(36)50/h2-28H,1H3. The smallest absolute Gasteiger partial charge is 0.164 e. The Morgan fingerprint density at radius 1 is 0.451 bits per heavy atom. The summed E-state index contributed by atoms with van der Waals surface area (Å²) in [7, 11) is 0. The summed E-state index contributed by atoms with van der Waals surface area (Å²) in [4.78, 5) is 15.0. The molecule has 51 heavy (non-hydrogen) atoms. The van der Waals surface area contributed by atoms with E-state index in [9.17, 15) is 0 Å². The lowest BCUT2D eigenvalue weighted by molar-refractivity contribution is 0.671. The van der Waals surface area contributed by atoms with Crippen LogP contribution in [0.4, 0.5) is 0 Å². The monoisotopic (exact) mass is 654 g/mol. The molecule has 0 saturated carbocycles. The molecule has 0 spiro atoms. The lowest BCUT2D eigenvalue weighted by Crippen LogP contribution is -2.02. The molecule has 0 saturated heterocycles. The third-order valence-electron chi connectivity index (χ3n) is 9.74. The predicted molar refractivity (Wildman–Crippen MR) is 208 cm³/mol. The Balaban J connectivity index is 1.27. The van der Waals surface area contributed by atoms with Gasteiger partial charge in [-0.1, -0.05) is 133 Å². The molecule has 3 aromatic heterocycles. The van der Waals surface area contributed by atoms with Crippen LogP contribution in [0.25, 0.3) is 94.7 Å². The Kier molecular flexibility index (Phi) is 6.64. The molecule has 0 aliphatic heterocycles. The van der Waals surface area contributed by atoms with Crippen molar-refractivity contribution in [3.63, 3.8) is 0 Å². The van der Waals surface area contributed by atoms with E-state index in [0.29, 0.717) is 17.5 Å². The van der Waals surface area contributed by atoms with E-state index in [1.807, 2.05) is 72.8 Å². The largest absolute Gasteiger partial charge is 0.454 e. The second-order valence-corrected chi connectivity index (χ2v) is 12.9. The molecule has 240 valence electrons. The van der Waals surface area contributed by atoms with Crippen LogP contribution in [0.15, 0.2) is 168 Å². The SMILES string of the molecule is Cc1ccc(-c2cc(-c3nc(-c4ccccc4)nc(-c4ccccc4)n3)ccc2-n2c3ccccc3c3ccc4c5ccccc5oc4c32)cc1. The fourth-order valence-corrected chi connectivity index (χ4v) is 7.25. The molecule has 0 fully saturated rings. The van der Waals surface area contributed by atoms with E-state index in [1.54, 1.807) is 0 Å². The number of rotatable bonds is 5. The number of furan rings is 1. The van der Waals surface area contributed by atoms with Gasteiger partial charge in [0.15, 0.2) is 23.1 Å². The van der Waals surface area contributed by atoms with Crippen LogP contribution in [0.2, 0.25) is 0 Å². The van der Waals surface area contributed by atoms with Gasteiger partial charge in [0.25, 0.3) is 0 Å². The summed E-state index contributed by atoms with van der Waals surface area (Å²) in [5, 5.41) is 4.53. The van der Waals surface area contributed by atoms with Gasteiger partial charge >= 0.3 is 0 Å². The fraction of sp³-hybridized carbons (Fsp3) is 0.0217. The molecule has 10 aromatic rings. The molecular weight excluding hydrogens is 625 g/mol. The normalized spacial score (nSPS) is 11.6. The van der Waals surface area contributed by atoms with E-state index in [0.717, 1.165) is 71.9 Å². The van der Waals surface area contributed by atoms with Crippen molar-refractivity contribution >= 4 is 43.7 Å². The summed E-state index contributed by atoms with van der Waals surface area (Å²) >= 11 is 0. The first-order valence-corrected chi connectivity index (χ1v) is 17.1. The van der Waals surface area contributed by atoms with Gasteiger partial charge in [-0.3, -0.25) is 0 Å². The topological polar surface area (TPSA) is 56.7 Å². The van der Waals surface area contributed by atoms with Crippen LogP contribution in [0, 0.1) is 6.92 Å². The summed E-state index contributed by atoms with van der Waals surface area (Å²) in [6.07, 6.45) is 0. The van der Waals surface area contributed by atoms with Gasteiger partial charge in [-0.15, -0.1) is 0 Å². The Bertz CT molecular complexity index is 2850. The number of para-hydroxylation sites is 2. The number of fused-ring (bicyclic) bond motifs is 7. The van der Waals surface area contributed by atoms with Crippen molar-refractivity contribution in [3.05, 3.63) is 169 Å². The van der Waals surface area contributed by atoms with Crippen molar-refractivity contribution in [1.29, 1.82) is 0 Å². The Hall–Kier alpha value is -6.85. The maximum Gasteiger partial charge on any atom is 0.164 e. The molecule has 0 atom stereocenters. The highest BCUT2D eigenvalue weighted by molar-refractivity contribution is 6.21. The average molecular weight is 655 g/mol. The highest BCUT2D eigenvalue weighted by Gasteiger charge is 2.22. The summed E-state index contributed by atoms with van der Waals surface area (Å²) < 4.78 is 9.04. The third-order valence-corrected chi connectivity index (χ3v) is 9.74. The third kappa shape index (κ3) is 4.82. The lowest BCUT2D eigenvalue weighted by atomic mass is 9.99. The molecule has 10 rings (SSSR count). The quantitative estimate of drug-likeness (QED) is 0.185. The van der Waals surface area contributed by atoms with Gasteiger partial charge in [0, 0.05) is 43.8 Å².